The summed E-state index contributed by atoms with van der Waals surface area (Å²) in [4.78, 5) is 36.6. The molecule has 1 aliphatic heterocycles. The van der Waals surface area contributed by atoms with Crippen LogP contribution in [0.1, 0.15) is 68.4 Å². The summed E-state index contributed by atoms with van der Waals surface area (Å²) in [6.07, 6.45) is 3.33. The van der Waals surface area contributed by atoms with Gasteiger partial charge < -0.3 is 24.3 Å². The molecule has 0 saturated carbocycles. The highest BCUT2D eigenvalue weighted by Gasteiger charge is 2.25. The number of nitrogens with zero attached hydrogens (tertiary/aromatic N) is 1. The predicted octanol–water partition coefficient (Wildman–Crippen LogP) is 5.83. The van der Waals surface area contributed by atoms with Crippen LogP contribution in [0.15, 0.2) is 84.9 Å². The molecule has 3 aromatic carbocycles. The Labute approximate surface area is 238 Å². The van der Waals surface area contributed by atoms with E-state index in [-0.39, 0.29) is 17.6 Å². The largest absolute Gasteiger partial charge is 0.466 e. The summed E-state index contributed by atoms with van der Waals surface area (Å²) in [5.74, 6) is 0.320. The number of rotatable bonds is 9. The van der Waals surface area contributed by atoms with Crippen LogP contribution in [-0.4, -0.2) is 51.1 Å². The lowest BCUT2D eigenvalue weighted by atomic mass is 9.86. The highest BCUT2D eigenvalue weighted by atomic mass is 31.2. The Hall–Kier alpha value is -2.64. The zero-order valence-electron chi connectivity index (χ0n) is 23.6. The number of carbonyl (C=O) groups excluding carboxylic acids is 1. The Kier molecular flexibility index (Phi) is 11.8. The van der Waals surface area contributed by atoms with Gasteiger partial charge in [-0.25, -0.2) is 4.57 Å². The maximum Gasteiger partial charge on any atom is 0.466 e. The van der Waals surface area contributed by atoms with Gasteiger partial charge in [-0.1, -0.05) is 106 Å². The molecular formula is C32H42NO6P. The summed E-state index contributed by atoms with van der Waals surface area (Å²) >= 11 is 0. The van der Waals surface area contributed by atoms with Crippen LogP contribution in [0.5, 0.6) is 0 Å². The summed E-state index contributed by atoms with van der Waals surface area (Å²) < 4.78 is 15.5. The van der Waals surface area contributed by atoms with Gasteiger partial charge in [0.1, 0.15) is 11.9 Å². The van der Waals surface area contributed by atoms with Crippen molar-refractivity contribution in [3.05, 3.63) is 107 Å². The molecule has 4 rings (SSSR count). The zero-order valence-corrected chi connectivity index (χ0v) is 24.5. The molecule has 0 radical (unpaired) electrons. The van der Waals surface area contributed by atoms with Gasteiger partial charge in [0.15, 0.2) is 0 Å². The van der Waals surface area contributed by atoms with E-state index in [1.54, 1.807) is 0 Å². The van der Waals surface area contributed by atoms with Gasteiger partial charge in [-0.2, -0.15) is 0 Å². The van der Waals surface area contributed by atoms with Crippen LogP contribution >= 0.6 is 7.82 Å². The molecule has 0 bridgehead atoms. The standard InChI is InChI=1S/C32H39NO2.H3O4P/c1-32(2,3)28-16-14-25(15-17-28)24-29(34)18-21-33-22-19-30(20-23-33)35-31(26-10-6-4-7-11-26)27-12-8-5-9-13-27;1-5(2,3)4/h4-17,30-31H,18-24H2,1-3H3;(H3,1,2,3,4). The summed E-state index contributed by atoms with van der Waals surface area (Å²) in [5, 5.41) is 0. The average Bonchev–Trinajstić information content (AvgIpc) is 2.91. The fourth-order valence-corrected chi connectivity index (χ4v) is 4.79. The average molecular weight is 568 g/mol. The summed E-state index contributed by atoms with van der Waals surface area (Å²) in [6, 6.07) is 29.5. The summed E-state index contributed by atoms with van der Waals surface area (Å²) in [6.45, 7) is 9.44. The van der Waals surface area contributed by atoms with Crippen molar-refractivity contribution in [3.8, 4) is 0 Å². The monoisotopic (exact) mass is 567 g/mol. The molecule has 1 heterocycles. The molecule has 216 valence electrons. The second-order valence-corrected chi connectivity index (χ2v) is 12.3. The molecule has 7 nitrogen and oxygen atoms in total. The van der Waals surface area contributed by atoms with Crippen LogP contribution < -0.4 is 0 Å². The van der Waals surface area contributed by atoms with E-state index in [1.807, 2.05) is 12.1 Å². The molecule has 0 aliphatic carbocycles. The van der Waals surface area contributed by atoms with E-state index < -0.39 is 7.82 Å². The van der Waals surface area contributed by atoms with E-state index in [2.05, 4.69) is 98.5 Å². The van der Waals surface area contributed by atoms with Crippen molar-refractivity contribution in [2.75, 3.05) is 19.6 Å². The topological polar surface area (TPSA) is 107 Å². The van der Waals surface area contributed by atoms with E-state index in [0.29, 0.717) is 18.6 Å². The molecule has 0 aromatic heterocycles. The van der Waals surface area contributed by atoms with Gasteiger partial charge in [0.25, 0.3) is 0 Å². The summed E-state index contributed by atoms with van der Waals surface area (Å²) in [7, 11) is -4.64. The number of benzene rings is 3. The molecule has 0 amide bonds. The Balaban J connectivity index is 0.000000810. The van der Waals surface area contributed by atoms with Crippen molar-refractivity contribution >= 4 is 13.6 Å². The molecule has 40 heavy (non-hydrogen) atoms. The number of phosphoric acid groups is 1. The number of likely N-dealkylation sites (tertiary alicyclic amines) is 1. The lowest BCUT2D eigenvalue weighted by molar-refractivity contribution is -0.118. The van der Waals surface area contributed by atoms with Crippen LogP contribution in [0.2, 0.25) is 0 Å². The quantitative estimate of drug-likeness (QED) is 0.279. The fraction of sp³-hybridized carbons (Fsp3) is 0.406. The smallest absolute Gasteiger partial charge is 0.365 e. The maximum atomic E-state index is 12.6. The normalized spacial score (nSPS) is 15.0. The Morgan fingerprint density at radius 1 is 0.875 bits per heavy atom. The number of hydrogen-bond donors (Lipinski definition) is 3. The Morgan fingerprint density at radius 3 is 1.80 bits per heavy atom. The van der Waals surface area contributed by atoms with Crippen LogP contribution in [0.3, 0.4) is 0 Å². The third-order valence-electron chi connectivity index (χ3n) is 7.00. The highest BCUT2D eigenvalue weighted by molar-refractivity contribution is 7.45. The highest BCUT2D eigenvalue weighted by Crippen LogP contribution is 2.30. The fourth-order valence-electron chi connectivity index (χ4n) is 4.79. The van der Waals surface area contributed by atoms with Crippen LogP contribution in [-0.2, 0) is 25.9 Å². The predicted molar refractivity (Wildman–Crippen MR) is 158 cm³/mol. The van der Waals surface area contributed by atoms with Crippen molar-refractivity contribution in [3.63, 3.8) is 0 Å². The second kappa shape index (κ2) is 14.8. The number of ether oxygens (including phenoxy) is 1. The maximum absolute atomic E-state index is 12.6. The van der Waals surface area contributed by atoms with Crippen molar-refractivity contribution < 1.29 is 28.8 Å². The molecule has 1 fully saturated rings. The number of carbonyl (C=O) groups is 1. The molecule has 3 N–H and O–H groups in total. The molecule has 0 unspecified atom stereocenters. The van der Waals surface area contributed by atoms with E-state index >= 15 is 0 Å². The van der Waals surface area contributed by atoms with Gasteiger partial charge in [0.05, 0.1) is 6.10 Å². The van der Waals surface area contributed by atoms with Crippen molar-refractivity contribution in [2.24, 2.45) is 0 Å². The minimum absolute atomic E-state index is 0.0415. The number of hydrogen-bond acceptors (Lipinski definition) is 4. The second-order valence-electron chi connectivity index (χ2n) is 11.3. The number of ketones is 1. The van der Waals surface area contributed by atoms with Gasteiger partial charge >= 0.3 is 7.82 Å². The van der Waals surface area contributed by atoms with Crippen molar-refractivity contribution in [1.29, 1.82) is 0 Å². The first-order chi connectivity index (χ1) is 18.9. The number of piperidine rings is 1. The number of Topliss-reactive ketones (excluding diaryl/α,β-unsaturated/α-hetero) is 1. The molecule has 0 spiro atoms. The molecule has 8 heteroatoms. The molecule has 3 aromatic rings. The van der Waals surface area contributed by atoms with Crippen LogP contribution in [0.4, 0.5) is 0 Å². The Morgan fingerprint density at radius 2 is 1.35 bits per heavy atom. The minimum Gasteiger partial charge on any atom is -0.365 e. The SMILES string of the molecule is CC(C)(C)c1ccc(CC(=O)CCN2CCC(OC(c3ccccc3)c3ccccc3)CC2)cc1.O=P(O)(O)O. The zero-order chi connectivity index (χ0) is 29.2. The van der Waals surface area contributed by atoms with Gasteiger partial charge in [-0.15, -0.1) is 0 Å². The van der Waals surface area contributed by atoms with Gasteiger partial charge in [0, 0.05) is 32.5 Å². The van der Waals surface area contributed by atoms with Crippen molar-refractivity contribution in [1.82, 2.24) is 4.90 Å². The van der Waals surface area contributed by atoms with Gasteiger partial charge in [0.2, 0.25) is 0 Å². The van der Waals surface area contributed by atoms with Crippen LogP contribution in [0.25, 0.3) is 0 Å². The first kappa shape index (κ1) is 31.9. The minimum atomic E-state index is -4.64. The third-order valence-corrected chi connectivity index (χ3v) is 7.00. The molecular weight excluding hydrogens is 525 g/mol. The summed E-state index contributed by atoms with van der Waals surface area (Å²) in [5.41, 5.74) is 4.95. The van der Waals surface area contributed by atoms with Crippen molar-refractivity contribution in [2.45, 2.75) is 64.1 Å². The first-order valence-corrected chi connectivity index (χ1v) is 15.3. The van der Waals surface area contributed by atoms with Gasteiger partial charge in [-0.3, -0.25) is 4.79 Å². The third kappa shape index (κ3) is 11.5. The van der Waals surface area contributed by atoms with E-state index in [1.165, 1.54) is 16.7 Å². The lowest BCUT2D eigenvalue weighted by Crippen LogP contribution is -2.38. The Bertz CT molecular complexity index is 1170. The molecule has 1 aliphatic rings. The van der Waals surface area contributed by atoms with Gasteiger partial charge in [-0.05, 0) is 40.5 Å². The van der Waals surface area contributed by atoms with E-state index in [0.717, 1.165) is 38.0 Å². The van der Waals surface area contributed by atoms with E-state index in [4.69, 9.17) is 24.0 Å². The van der Waals surface area contributed by atoms with E-state index in [9.17, 15) is 4.79 Å². The lowest BCUT2D eigenvalue weighted by Gasteiger charge is -2.34. The molecule has 1 saturated heterocycles. The molecule has 0 atom stereocenters. The first-order valence-electron chi connectivity index (χ1n) is 13.8. The van der Waals surface area contributed by atoms with Crippen LogP contribution in [0, 0.1) is 0 Å².